The van der Waals surface area contributed by atoms with Gasteiger partial charge in [-0.2, -0.15) is 0 Å². The van der Waals surface area contributed by atoms with Gasteiger partial charge in [0.2, 0.25) is 5.91 Å². The first kappa shape index (κ1) is 12.4. The van der Waals surface area contributed by atoms with Gasteiger partial charge in [0.25, 0.3) is 0 Å². The maximum atomic E-state index is 11.5. The van der Waals surface area contributed by atoms with Crippen LogP contribution in [-0.4, -0.2) is 35.6 Å². The fourth-order valence-corrected chi connectivity index (χ4v) is 0.957. The van der Waals surface area contributed by atoms with Crippen LogP contribution in [-0.2, 0) is 4.79 Å². The van der Waals surface area contributed by atoms with Gasteiger partial charge in [0.15, 0.2) is 0 Å². The van der Waals surface area contributed by atoms with Crippen LogP contribution < -0.4 is 0 Å². The summed E-state index contributed by atoms with van der Waals surface area (Å²) in [5, 5.41) is 8.84. The van der Waals surface area contributed by atoms with E-state index >= 15 is 0 Å². The molecule has 0 rings (SSSR count). The Labute approximate surface area is 80.7 Å². The van der Waals surface area contributed by atoms with Crippen molar-refractivity contribution < 1.29 is 9.90 Å². The molecule has 0 saturated heterocycles. The second-order valence-electron chi connectivity index (χ2n) is 3.97. The van der Waals surface area contributed by atoms with Crippen LogP contribution in [0.3, 0.4) is 0 Å². The molecule has 0 radical (unpaired) electrons. The zero-order valence-corrected chi connectivity index (χ0v) is 9.08. The summed E-state index contributed by atoms with van der Waals surface area (Å²) in [5.41, 5.74) is 0. The van der Waals surface area contributed by atoms with E-state index in [1.165, 1.54) is 0 Å². The molecular formula is C10H21NO2. The van der Waals surface area contributed by atoms with Crippen LogP contribution in [0.1, 0.15) is 33.6 Å². The highest BCUT2D eigenvalue weighted by molar-refractivity contribution is 5.76. The fourth-order valence-electron chi connectivity index (χ4n) is 0.957. The predicted octanol–water partition coefficient (Wildman–Crippen LogP) is 1.26. The molecule has 1 unspecified atom stereocenters. The van der Waals surface area contributed by atoms with Crippen LogP contribution in [0.5, 0.6) is 0 Å². The van der Waals surface area contributed by atoms with E-state index in [-0.39, 0.29) is 18.6 Å². The molecule has 0 aromatic carbocycles. The average molecular weight is 187 g/mol. The zero-order chi connectivity index (χ0) is 10.4. The molecule has 0 aromatic heterocycles. The molecule has 1 atom stereocenters. The molecule has 0 aliphatic carbocycles. The maximum absolute atomic E-state index is 11.5. The minimum Gasteiger partial charge on any atom is -0.394 e. The van der Waals surface area contributed by atoms with E-state index < -0.39 is 0 Å². The van der Waals surface area contributed by atoms with E-state index in [0.29, 0.717) is 12.3 Å². The summed E-state index contributed by atoms with van der Waals surface area (Å²) in [6, 6.07) is -0.0698. The second-order valence-corrected chi connectivity index (χ2v) is 3.97. The average Bonchev–Trinajstić information content (AvgIpc) is 2.11. The molecule has 13 heavy (non-hydrogen) atoms. The van der Waals surface area contributed by atoms with Crippen LogP contribution in [0.15, 0.2) is 0 Å². The molecule has 0 saturated carbocycles. The molecule has 3 nitrogen and oxygen atoms in total. The van der Waals surface area contributed by atoms with E-state index in [0.717, 1.165) is 6.42 Å². The summed E-state index contributed by atoms with van der Waals surface area (Å²) in [6.07, 6.45) is 1.50. The number of amides is 1. The number of aliphatic hydroxyl groups excluding tert-OH is 1. The number of carbonyl (C=O) groups is 1. The Bertz CT molecular complexity index is 157. The predicted molar refractivity (Wildman–Crippen MR) is 53.4 cm³/mol. The number of likely N-dealkylation sites (N-methyl/N-ethyl adjacent to an activating group) is 1. The molecule has 0 aliphatic rings. The number of aliphatic hydroxyl groups is 1. The first-order valence-electron chi connectivity index (χ1n) is 4.85. The molecule has 0 heterocycles. The number of rotatable bonds is 5. The van der Waals surface area contributed by atoms with Crippen molar-refractivity contribution in [3.05, 3.63) is 0 Å². The van der Waals surface area contributed by atoms with Gasteiger partial charge in [0, 0.05) is 13.5 Å². The van der Waals surface area contributed by atoms with Crippen molar-refractivity contribution in [1.29, 1.82) is 0 Å². The Balaban J connectivity index is 3.82. The quantitative estimate of drug-likeness (QED) is 0.704. The van der Waals surface area contributed by atoms with Crippen molar-refractivity contribution in [2.45, 2.75) is 39.7 Å². The van der Waals surface area contributed by atoms with Gasteiger partial charge in [-0.05, 0) is 19.3 Å². The van der Waals surface area contributed by atoms with Crippen molar-refractivity contribution >= 4 is 5.91 Å². The Morgan fingerprint density at radius 1 is 1.38 bits per heavy atom. The molecule has 0 aliphatic heterocycles. The monoisotopic (exact) mass is 187 g/mol. The Morgan fingerprint density at radius 2 is 1.92 bits per heavy atom. The highest BCUT2D eigenvalue weighted by Crippen LogP contribution is 2.07. The SMILES string of the molecule is CC(C)CCC(=O)N(C)C(C)CO. The zero-order valence-electron chi connectivity index (χ0n) is 9.08. The van der Waals surface area contributed by atoms with Crippen molar-refractivity contribution in [1.82, 2.24) is 4.90 Å². The maximum Gasteiger partial charge on any atom is 0.222 e. The van der Waals surface area contributed by atoms with Gasteiger partial charge < -0.3 is 10.0 Å². The Hall–Kier alpha value is -0.570. The standard InChI is InChI=1S/C10H21NO2/c1-8(2)5-6-10(13)11(4)9(3)7-12/h8-9,12H,5-7H2,1-4H3. The van der Waals surface area contributed by atoms with Gasteiger partial charge >= 0.3 is 0 Å². The lowest BCUT2D eigenvalue weighted by molar-refractivity contribution is -0.132. The van der Waals surface area contributed by atoms with Crippen LogP contribution >= 0.6 is 0 Å². The summed E-state index contributed by atoms with van der Waals surface area (Å²) in [5.74, 6) is 0.678. The third-order valence-electron chi connectivity index (χ3n) is 2.25. The number of nitrogens with zero attached hydrogens (tertiary/aromatic N) is 1. The van der Waals surface area contributed by atoms with E-state index in [2.05, 4.69) is 13.8 Å². The van der Waals surface area contributed by atoms with Gasteiger partial charge in [0.1, 0.15) is 0 Å². The van der Waals surface area contributed by atoms with Gasteiger partial charge in [-0.1, -0.05) is 13.8 Å². The third kappa shape index (κ3) is 4.88. The van der Waals surface area contributed by atoms with Crippen LogP contribution in [0.2, 0.25) is 0 Å². The lowest BCUT2D eigenvalue weighted by atomic mass is 10.1. The molecule has 0 fully saturated rings. The van der Waals surface area contributed by atoms with Gasteiger partial charge in [0.05, 0.1) is 12.6 Å². The number of hydrogen-bond donors (Lipinski definition) is 1. The molecule has 0 aromatic rings. The van der Waals surface area contributed by atoms with E-state index in [4.69, 9.17) is 5.11 Å². The minimum absolute atomic E-state index is 0.0317. The lowest BCUT2D eigenvalue weighted by Gasteiger charge is -2.23. The largest absolute Gasteiger partial charge is 0.394 e. The smallest absolute Gasteiger partial charge is 0.222 e. The lowest BCUT2D eigenvalue weighted by Crippen LogP contribution is -2.37. The molecule has 3 heteroatoms. The van der Waals surface area contributed by atoms with Crippen LogP contribution in [0.25, 0.3) is 0 Å². The van der Waals surface area contributed by atoms with Crippen molar-refractivity contribution in [3.8, 4) is 0 Å². The summed E-state index contributed by atoms with van der Waals surface area (Å²) in [7, 11) is 1.74. The van der Waals surface area contributed by atoms with Crippen molar-refractivity contribution in [2.75, 3.05) is 13.7 Å². The highest BCUT2D eigenvalue weighted by atomic mass is 16.3. The third-order valence-corrected chi connectivity index (χ3v) is 2.25. The Morgan fingerprint density at radius 3 is 2.31 bits per heavy atom. The summed E-state index contributed by atoms with van der Waals surface area (Å²) >= 11 is 0. The molecule has 78 valence electrons. The van der Waals surface area contributed by atoms with Crippen LogP contribution in [0, 0.1) is 5.92 Å². The van der Waals surface area contributed by atoms with Gasteiger partial charge in [-0.15, -0.1) is 0 Å². The molecule has 0 bridgehead atoms. The van der Waals surface area contributed by atoms with Gasteiger partial charge in [-0.3, -0.25) is 4.79 Å². The summed E-state index contributed by atoms with van der Waals surface area (Å²) in [4.78, 5) is 13.1. The van der Waals surface area contributed by atoms with E-state index in [1.807, 2.05) is 6.92 Å². The Kier molecular flexibility index (Phi) is 5.71. The fraction of sp³-hybridized carbons (Fsp3) is 0.900. The topological polar surface area (TPSA) is 40.5 Å². The van der Waals surface area contributed by atoms with Crippen molar-refractivity contribution in [2.24, 2.45) is 5.92 Å². The van der Waals surface area contributed by atoms with Crippen LogP contribution in [0.4, 0.5) is 0 Å². The molecule has 0 spiro atoms. The van der Waals surface area contributed by atoms with E-state index in [9.17, 15) is 4.79 Å². The molecular weight excluding hydrogens is 166 g/mol. The van der Waals surface area contributed by atoms with Gasteiger partial charge in [-0.25, -0.2) is 0 Å². The normalized spacial score (nSPS) is 13.1. The second kappa shape index (κ2) is 5.97. The summed E-state index contributed by atoms with van der Waals surface area (Å²) in [6.45, 7) is 6.07. The first-order chi connectivity index (χ1) is 5.99. The van der Waals surface area contributed by atoms with E-state index in [1.54, 1.807) is 11.9 Å². The number of hydrogen-bond acceptors (Lipinski definition) is 2. The molecule has 1 N–H and O–H groups in total. The molecule has 1 amide bonds. The summed E-state index contributed by atoms with van der Waals surface area (Å²) < 4.78 is 0. The van der Waals surface area contributed by atoms with Crippen molar-refractivity contribution in [3.63, 3.8) is 0 Å². The minimum atomic E-state index is -0.0698. The number of carbonyl (C=O) groups excluding carboxylic acids is 1. The first-order valence-corrected chi connectivity index (χ1v) is 4.85. The highest BCUT2D eigenvalue weighted by Gasteiger charge is 2.14.